The third-order valence-electron chi connectivity index (χ3n) is 11.3. The minimum absolute atomic E-state index is 0.0351. The van der Waals surface area contributed by atoms with Gasteiger partial charge >= 0.3 is 7.94 Å². The van der Waals surface area contributed by atoms with Crippen LogP contribution in [0.2, 0.25) is 0 Å². The van der Waals surface area contributed by atoms with Gasteiger partial charge in [-0.25, -0.2) is 8.42 Å². The Hall–Kier alpha value is -3.90. The molecule has 0 heterocycles. The molecular formula is C51H62O5PS+. The smallest absolute Gasteiger partial charge is 0.223 e. The molecule has 6 aromatic rings. The molecule has 0 aromatic heterocycles. The lowest BCUT2D eigenvalue weighted by atomic mass is 9.83. The Morgan fingerprint density at radius 3 is 1.36 bits per heavy atom. The Labute approximate surface area is 347 Å². The molecular weight excluding hydrogens is 756 g/mol. The molecule has 0 atom stereocenters. The molecule has 0 aliphatic rings. The zero-order chi connectivity index (χ0) is 41.6. The van der Waals surface area contributed by atoms with Crippen molar-refractivity contribution in [2.45, 2.75) is 129 Å². The second-order valence-corrected chi connectivity index (χ2v) is 19.7. The van der Waals surface area contributed by atoms with Crippen LogP contribution in [-0.2, 0) is 54.1 Å². The number of rotatable bonds is 18. The van der Waals surface area contributed by atoms with Gasteiger partial charge in [-0.15, -0.1) is 0 Å². The SMILES string of the molecule is CCCc1cc(CCC)c2cc(-c3c([P+](O)(O)O)ccc(S(=O)(=O)Cc4ccccc4)c3-c3cc4c(CCC)cc(CCC)cc4cc3CCC)c(CCC)cc2c1. The van der Waals surface area contributed by atoms with Crippen LogP contribution in [0.1, 0.15) is 119 Å². The fourth-order valence-electron chi connectivity index (χ4n) is 8.94. The van der Waals surface area contributed by atoms with Crippen LogP contribution in [0.15, 0.2) is 95.9 Å². The average Bonchev–Trinajstić information content (AvgIpc) is 3.17. The zero-order valence-electron chi connectivity index (χ0n) is 35.4. The summed E-state index contributed by atoms with van der Waals surface area (Å²) < 4.78 is 30.1. The molecule has 0 aliphatic carbocycles. The topological polar surface area (TPSA) is 94.8 Å². The Bertz CT molecular complexity index is 2500. The fraction of sp³-hybridized carbons (Fsp3) is 0.373. The summed E-state index contributed by atoms with van der Waals surface area (Å²) in [6.45, 7) is 13.0. The summed E-state index contributed by atoms with van der Waals surface area (Å²) in [5.41, 5.74) is 9.95. The van der Waals surface area contributed by atoms with Gasteiger partial charge in [0.25, 0.3) is 0 Å². The van der Waals surface area contributed by atoms with Crippen molar-refractivity contribution in [1.82, 2.24) is 0 Å². The second-order valence-electron chi connectivity index (χ2n) is 16.1. The first kappa shape index (κ1) is 43.7. The van der Waals surface area contributed by atoms with Crippen LogP contribution < -0.4 is 5.30 Å². The molecule has 0 bridgehead atoms. The van der Waals surface area contributed by atoms with E-state index in [1.807, 2.05) is 30.3 Å². The van der Waals surface area contributed by atoms with Gasteiger partial charge in [0.15, 0.2) is 15.1 Å². The Balaban J connectivity index is 1.84. The van der Waals surface area contributed by atoms with Crippen molar-refractivity contribution in [2.24, 2.45) is 0 Å². The second kappa shape index (κ2) is 19.0. The maximum Gasteiger partial charge on any atom is 0.441 e. The lowest BCUT2D eigenvalue weighted by Crippen LogP contribution is -2.18. The summed E-state index contributed by atoms with van der Waals surface area (Å²) in [5, 5.41) is 4.35. The molecule has 3 N–H and O–H groups in total. The number of hydrogen-bond donors (Lipinski definition) is 3. The van der Waals surface area contributed by atoms with E-state index in [9.17, 15) is 14.7 Å². The monoisotopic (exact) mass is 817 g/mol. The number of fused-ring (bicyclic) bond motifs is 2. The molecule has 5 nitrogen and oxygen atoms in total. The molecule has 0 radical (unpaired) electrons. The summed E-state index contributed by atoms with van der Waals surface area (Å²) in [7, 11) is -8.74. The first-order chi connectivity index (χ1) is 27.9. The minimum atomic E-state index is -4.71. The maximum atomic E-state index is 15.0. The molecule has 0 spiro atoms. The summed E-state index contributed by atoms with van der Waals surface area (Å²) in [5.74, 6) is -0.226. The van der Waals surface area contributed by atoms with Gasteiger partial charge in [-0.1, -0.05) is 147 Å². The fourth-order valence-corrected chi connectivity index (χ4v) is 11.3. The van der Waals surface area contributed by atoms with Crippen LogP contribution in [-0.4, -0.2) is 23.1 Å². The van der Waals surface area contributed by atoms with E-state index < -0.39 is 17.8 Å². The summed E-state index contributed by atoms with van der Waals surface area (Å²) in [6, 6.07) is 30.1. The molecule has 0 aliphatic heterocycles. The van der Waals surface area contributed by atoms with Crippen molar-refractivity contribution in [3.63, 3.8) is 0 Å². The lowest BCUT2D eigenvalue weighted by molar-refractivity contribution is 0.347. The average molecular weight is 818 g/mol. The zero-order valence-corrected chi connectivity index (χ0v) is 37.1. The first-order valence-corrected chi connectivity index (χ1v) is 24.9. The van der Waals surface area contributed by atoms with Gasteiger partial charge in [-0.3, -0.25) is 0 Å². The van der Waals surface area contributed by atoms with Crippen LogP contribution in [0.4, 0.5) is 0 Å². The third kappa shape index (κ3) is 9.43. The predicted molar refractivity (Wildman–Crippen MR) is 247 cm³/mol. The van der Waals surface area contributed by atoms with E-state index in [1.54, 1.807) is 0 Å². The van der Waals surface area contributed by atoms with Gasteiger partial charge in [0.05, 0.1) is 10.6 Å². The van der Waals surface area contributed by atoms with Crippen LogP contribution in [0.25, 0.3) is 43.8 Å². The minimum Gasteiger partial charge on any atom is -0.223 e. The highest BCUT2D eigenvalue weighted by atomic mass is 32.2. The van der Waals surface area contributed by atoms with E-state index in [0.29, 0.717) is 29.5 Å². The van der Waals surface area contributed by atoms with Crippen molar-refractivity contribution >= 4 is 44.6 Å². The van der Waals surface area contributed by atoms with Crippen molar-refractivity contribution < 1.29 is 23.1 Å². The number of sulfone groups is 1. The molecule has 306 valence electrons. The normalized spacial score (nSPS) is 12.2. The van der Waals surface area contributed by atoms with Crippen molar-refractivity contribution in [2.75, 3.05) is 0 Å². The van der Waals surface area contributed by atoms with E-state index in [2.05, 4.69) is 90.1 Å². The van der Waals surface area contributed by atoms with Crippen molar-refractivity contribution in [3.8, 4) is 22.3 Å². The third-order valence-corrected chi connectivity index (χ3v) is 14.1. The molecule has 6 aromatic carbocycles. The number of hydrogen-bond acceptors (Lipinski definition) is 5. The van der Waals surface area contributed by atoms with Gasteiger partial charge in [-0.05, 0) is 134 Å². The van der Waals surface area contributed by atoms with Crippen molar-refractivity contribution in [1.29, 1.82) is 0 Å². The van der Waals surface area contributed by atoms with Crippen LogP contribution in [0.3, 0.4) is 0 Å². The van der Waals surface area contributed by atoms with Crippen molar-refractivity contribution in [3.05, 3.63) is 130 Å². The van der Waals surface area contributed by atoms with Crippen LogP contribution >= 0.6 is 7.94 Å². The van der Waals surface area contributed by atoms with E-state index >= 15 is 8.42 Å². The molecule has 6 rings (SSSR count). The van der Waals surface area contributed by atoms with Gasteiger partial charge in [0, 0.05) is 11.1 Å². The van der Waals surface area contributed by atoms with E-state index in [4.69, 9.17) is 0 Å². The lowest BCUT2D eigenvalue weighted by Gasteiger charge is -2.24. The summed E-state index contributed by atoms with van der Waals surface area (Å²) in [6.07, 6.45) is 10.7. The Morgan fingerprint density at radius 2 is 0.914 bits per heavy atom. The first-order valence-electron chi connectivity index (χ1n) is 21.6. The molecule has 0 fully saturated rings. The molecule has 0 amide bonds. The van der Waals surface area contributed by atoms with Crippen LogP contribution in [0, 0.1) is 0 Å². The number of benzene rings is 6. The van der Waals surface area contributed by atoms with E-state index in [0.717, 1.165) is 108 Å². The highest BCUT2D eigenvalue weighted by Gasteiger charge is 2.41. The predicted octanol–water partition coefficient (Wildman–Crippen LogP) is 12.4. The maximum absolute atomic E-state index is 15.0. The molecule has 58 heavy (non-hydrogen) atoms. The molecule has 0 unspecified atom stereocenters. The largest absolute Gasteiger partial charge is 0.441 e. The molecule has 7 heteroatoms. The highest BCUT2D eigenvalue weighted by Crippen LogP contribution is 2.52. The quantitative estimate of drug-likeness (QED) is 0.0751. The summed E-state index contributed by atoms with van der Waals surface area (Å²) >= 11 is 0. The van der Waals surface area contributed by atoms with Crippen LogP contribution in [0.5, 0.6) is 0 Å². The van der Waals surface area contributed by atoms with E-state index in [1.165, 1.54) is 34.4 Å². The molecule has 0 saturated carbocycles. The number of aryl methyl sites for hydroxylation is 6. The standard InChI is InChI=1S/C51H62O5PS/c1-7-16-36-26-38(18-9-3)44-32-46(40(20-11-5)30-42(44)28-36)50-48(57(52,53)54)24-25-49(58(55,56)34-35-22-14-13-15-23-35)51(50)47-33-45-39(19-10-4)27-37(17-8-2)29-43(45)31-41(47)21-12-6/h13-15,22-33,52-54H,7-12,16-21,34H2,1-6H3/q+1. The Morgan fingerprint density at radius 1 is 0.466 bits per heavy atom. The summed E-state index contributed by atoms with van der Waals surface area (Å²) in [4.78, 5) is 34.4. The Kier molecular flexibility index (Phi) is 14.3. The highest BCUT2D eigenvalue weighted by molar-refractivity contribution is 7.90. The van der Waals surface area contributed by atoms with Gasteiger partial charge in [-0.2, -0.15) is 14.7 Å². The molecule has 0 saturated heterocycles. The van der Waals surface area contributed by atoms with Gasteiger partial charge in [0.2, 0.25) is 0 Å². The van der Waals surface area contributed by atoms with Gasteiger partial charge in [0.1, 0.15) is 0 Å². The van der Waals surface area contributed by atoms with Gasteiger partial charge < -0.3 is 0 Å². The van der Waals surface area contributed by atoms with E-state index in [-0.39, 0.29) is 16.0 Å².